The summed E-state index contributed by atoms with van der Waals surface area (Å²) >= 11 is 1.21. The van der Waals surface area contributed by atoms with Crippen LogP contribution in [0.15, 0.2) is 0 Å². The van der Waals surface area contributed by atoms with Gasteiger partial charge in [-0.25, -0.2) is 4.98 Å². The molecule has 0 unspecified atom stereocenters. The average Bonchev–Trinajstić information content (AvgIpc) is 2.76. The molecule has 0 spiro atoms. The lowest BCUT2D eigenvalue weighted by atomic mass is 10.2. The Morgan fingerprint density at radius 2 is 1.95 bits per heavy atom. The fraction of sp³-hybridized carbons (Fsp3) is 0.615. The van der Waals surface area contributed by atoms with E-state index in [-0.39, 0.29) is 24.2 Å². The first-order chi connectivity index (χ1) is 9.72. The molecule has 0 bridgehead atoms. The molecule has 0 saturated heterocycles. The second-order valence-corrected chi connectivity index (χ2v) is 6.46. The average molecular weight is 313 g/mol. The van der Waals surface area contributed by atoms with Gasteiger partial charge < -0.3 is 20.9 Å². The van der Waals surface area contributed by atoms with Gasteiger partial charge in [-0.2, -0.15) is 0 Å². The highest BCUT2D eigenvalue weighted by Crippen LogP contribution is 2.26. The minimum absolute atomic E-state index is 0.0118. The quantitative estimate of drug-likeness (QED) is 0.816. The van der Waals surface area contributed by atoms with Gasteiger partial charge in [0, 0.05) is 27.7 Å². The minimum atomic E-state index is -0.294. The van der Waals surface area contributed by atoms with E-state index in [9.17, 15) is 9.59 Å². The number of nitrogens with one attached hydrogen (secondary N) is 1. The Morgan fingerprint density at radius 1 is 1.33 bits per heavy atom. The fourth-order valence-corrected chi connectivity index (χ4v) is 2.33. The van der Waals surface area contributed by atoms with Crippen molar-refractivity contribution in [1.82, 2.24) is 14.8 Å². The van der Waals surface area contributed by atoms with Gasteiger partial charge in [-0.1, -0.05) is 25.2 Å². The molecule has 8 heteroatoms. The summed E-state index contributed by atoms with van der Waals surface area (Å²) in [6, 6.07) is 0. The van der Waals surface area contributed by atoms with E-state index in [0.29, 0.717) is 15.9 Å². The van der Waals surface area contributed by atoms with Gasteiger partial charge in [0.25, 0.3) is 5.91 Å². The van der Waals surface area contributed by atoms with Crippen molar-refractivity contribution in [3.63, 3.8) is 0 Å². The predicted octanol–water partition coefficient (Wildman–Crippen LogP) is 0.953. The minimum Gasteiger partial charge on any atom is -0.382 e. The first kappa shape index (κ1) is 17.2. The number of aromatic nitrogens is 1. The van der Waals surface area contributed by atoms with E-state index in [0.717, 1.165) is 6.54 Å². The molecule has 0 saturated carbocycles. The third-order valence-electron chi connectivity index (χ3n) is 2.73. The summed E-state index contributed by atoms with van der Waals surface area (Å²) in [5.74, 6) is 0.222. The van der Waals surface area contributed by atoms with Crippen molar-refractivity contribution in [3.8, 4) is 0 Å². The maximum absolute atomic E-state index is 12.3. The van der Waals surface area contributed by atoms with Crippen molar-refractivity contribution < 1.29 is 9.59 Å². The van der Waals surface area contributed by atoms with E-state index >= 15 is 0 Å². The second kappa shape index (κ2) is 7.26. The Hall–Kier alpha value is -1.83. The lowest BCUT2D eigenvalue weighted by molar-refractivity contribution is -0.129. The molecule has 0 radical (unpaired) electrons. The van der Waals surface area contributed by atoms with Crippen LogP contribution in [0.3, 0.4) is 0 Å². The zero-order valence-electron chi connectivity index (χ0n) is 13.1. The Morgan fingerprint density at radius 3 is 2.48 bits per heavy atom. The number of anilines is 2. The van der Waals surface area contributed by atoms with E-state index in [1.807, 2.05) is 0 Å². The van der Waals surface area contributed by atoms with Crippen LogP contribution < -0.4 is 11.1 Å². The molecule has 0 aromatic carbocycles. The number of amides is 2. The molecule has 0 atom stereocenters. The van der Waals surface area contributed by atoms with Gasteiger partial charge in [-0.15, -0.1) is 0 Å². The van der Waals surface area contributed by atoms with Gasteiger partial charge in [0.1, 0.15) is 10.7 Å². The van der Waals surface area contributed by atoms with Crippen LogP contribution in [0.4, 0.5) is 10.9 Å². The molecule has 1 rings (SSSR count). The van der Waals surface area contributed by atoms with Crippen molar-refractivity contribution in [2.24, 2.45) is 5.92 Å². The summed E-state index contributed by atoms with van der Waals surface area (Å²) in [4.78, 5) is 31.2. The van der Waals surface area contributed by atoms with Crippen LogP contribution in [-0.4, -0.2) is 60.8 Å². The predicted molar refractivity (Wildman–Crippen MR) is 85.5 cm³/mol. The lowest BCUT2D eigenvalue weighted by Crippen LogP contribution is -2.37. The van der Waals surface area contributed by atoms with Crippen LogP contribution >= 0.6 is 11.3 Å². The van der Waals surface area contributed by atoms with Crippen LogP contribution in [0.25, 0.3) is 0 Å². The summed E-state index contributed by atoms with van der Waals surface area (Å²) in [6.07, 6.45) is 0. The van der Waals surface area contributed by atoms with Gasteiger partial charge >= 0.3 is 0 Å². The number of nitrogens with two attached hydrogens (primary N) is 1. The number of thiazole rings is 1. The Balaban J connectivity index is 2.75. The number of carbonyl (C=O) groups is 2. The van der Waals surface area contributed by atoms with Gasteiger partial charge in [0.2, 0.25) is 5.91 Å². The van der Waals surface area contributed by atoms with Gasteiger partial charge in [-0.3, -0.25) is 9.59 Å². The number of hydrogen-bond acceptors (Lipinski definition) is 6. The Kier molecular flexibility index (Phi) is 5.95. The number of hydrogen-bond donors (Lipinski definition) is 2. The first-order valence-electron chi connectivity index (χ1n) is 6.68. The van der Waals surface area contributed by atoms with E-state index in [2.05, 4.69) is 24.1 Å². The topological polar surface area (TPSA) is 91.6 Å². The molecule has 0 fully saturated rings. The van der Waals surface area contributed by atoms with Crippen molar-refractivity contribution >= 4 is 34.1 Å². The zero-order chi connectivity index (χ0) is 16.2. The van der Waals surface area contributed by atoms with Crippen LogP contribution in [0.5, 0.6) is 0 Å². The highest BCUT2D eigenvalue weighted by molar-refractivity contribution is 7.18. The largest absolute Gasteiger partial charge is 0.382 e. The van der Waals surface area contributed by atoms with Crippen LogP contribution in [-0.2, 0) is 4.79 Å². The molecule has 1 heterocycles. The summed E-state index contributed by atoms with van der Waals surface area (Å²) in [6.45, 7) is 4.93. The number of carbonyl (C=O) groups excluding carboxylic acids is 2. The highest BCUT2D eigenvalue weighted by atomic mass is 32.1. The number of likely N-dealkylation sites (N-methyl/N-ethyl adjacent to an activating group) is 2. The molecule has 0 aliphatic heterocycles. The number of nitrogen functional groups attached to an aromatic ring is 1. The van der Waals surface area contributed by atoms with Gasteiger partial charge in [0.15, 0.2) is 5.13 Å². The van der Waals surface area contributed by atoms with Crippen LogP contribution in [0, 0.1) is 5.92 Å². The molecule has 118 valence electrons. The summed E-state index contributed by atoms with van der Waals surface area (Å²) in [5, 5.41) is 3.76. The Labute approximate surface area is 129 Å². The lowest BCUT2D eigenvalue weighted by Gasteiger charge is -2.18. The Bertz CT molecular complexity index is 513. The normalized spacial score (nSPS) is 10.6. The molecular weight excluding hydrogens is 290 g/mol. The highest BCUT2D eigenvalue weighted by Gasteiger charge is 2.21. The summed E-state index contributed by atoms with van der Waals surface area (Å²) in [5.41, 5.74) is 5.79. The molecule has 0 aliphatic rings. The van der Waals surface area contributed by atoms with Crippen LogP contribution in [0.1, 0.15) is 23.5 Å². The van der Waals surface area contributed by atoms with E-state index in [1.165, 1.54) is 21.1 Å². The standard InChI is InChI=1S/C13H23N5O2S/c1-8(2)6-15-13-16-11(14)10(21-13)12(20)18(5)7-9(19)17(3)4/h8H,6-7,14H2,1-5H3,(H,15,16). The molecule has 21 heavy (non-hydrogen) atoms. The van der Waals surface area contributed by atoms with Gasteiger partial charge in [-0.05, 0) is 5.92 Å². The number of rotatable bonds is 6. The maximum atomic E-state index is 12.3. The van der Waals surface area contributed by atoms with Crippen molar-refractivity contribution in [2.75, 3.05) is 45.3 Å². The van der Waals surface area contributed by atoms with Crippen molar-refractivity contribution in [3.05, 3.63) is 4.88 Å². The number of nitrogens with zero attached hydrogens (tertiary/aromatic N) is 3. The molecule has 1 aromatic heterocycles. The maximum Gasteiger partial charge on any atom is 0.268 e. The monoisotopic (exact) mass is 313 g/mol. The third kappa shape index (κ3) is 4.89. The fourth-order valence-electron chi connectivity index (χ4n) is 1.44. The molecule has 3 N–H and O–H groups in total. The van der Waals surface area contributed by atoms with Crippen molar-refractivity contribution in [2.45, 2.75) is 13.8 Å². The SMILES string of the molecule is CC(C)CNc1nc(N)c(C(=O)N(C)CC(=O)N(C)C)s1. The molecule has 2 amide bonds. The van der Waals surface area contributed by atoms with E-state index in [4.69, 9.17) is 5.73 Å². The summed E-state index contributed by atoms with van der Waals surface area (Å²) in [7, 11) is 4.87. The zero-order valence-corrected chi connectivity index (χ0v) is 14.0. The van der Waals surface area contributed by atoms with Gasteiger partial charge in [0.05, 0.1) is 6.54 Å². The van der Waals surface area contributed by atoms with Crippen LogP contribution in [0.2, 0.25) is 0 Å². The first-order valence-corrected chi connectivity index (χ1v) is 7.49. The van der Waals surface area contributed by atoms with Crippen molar-refractivity contribution in [1.29, 1.82) is 0 Å². The third-order valence-corrected chi connectivity index (χ3v) is 3.74. The summed E-state index contributed by atoms with van der Waals surface area (Å²) < 4.78 is 0. The molecule has 7 nitrogen and oxygen atoms in total. The second-order valence-electron chi connectivity index (χ2n) is 5.46. The van der Waals surface area contributed by atoms with E-state index in [1.54, 1.807) is 21.1 Å². The molecule has 1 aromatic rings. The molecular formula is C13H23N5O2S. The molecule has 0 aliphatic carbocycles. The smallest absolute Gasteiger partial charge is 0.268 e. The van der Waals surface area contributed by atoms with E-state index < -0.39 is 0 Å².